The Balaban J connectivity index is 1.90. The maximum Gasteiger partial charge on any atom is 0.123 e. The van der Waals surface area contributed by atoms with E-state index in [-0.39, 0.29) is 18.8 Å². The van der Waals surface area contributed by atoms with Gasteiger partial charge in [0, 0.05) is 11.4 Å². The molecule has 2 aromatic carbocycles. The average Bonchev–Trinajstić information content (AvgIpc) is 2.42. The van der Waals surface area contributed by atoms with Crippen molar-refractivity contribution in [3.8, 4) is 5.75 Å². The molecule has 2 aromatic rings. The lowest BCUT2D eigenvalue weighted by Gasteiger charge is -2.13. The summed E-state index contributed by atoms with van der Waals surface area (Å²) in [5, 5.41) is 10.3. The number of aliphatic hydroxyl groups is 1. The molecule has 0 spiro atoms. The van der Waals surface area contributed by atoms with Crippen molar-refractivity contribution in [1.82, 2.24) is 0 Å². The molecular weight excluding hydrogens is 267 g/mol. The van der Waals surface area contributed by atoms with Crippen molar-refractivity contribution >= 4 is 11.6 Å². The van der Waals surface area contributed by atoms with Crippen LogP contribution in [0.3, 0.4) is 0 Å². The average molecular weight is 281 g/mol. The normalized spacial score (nSPS) is 12.2. The Kier molecular flexibility index (Phi) is 4.77. The number of hydrogen-bond donors (Lipinski definition) is 1. The summed E-state index contributed by atoms with van der Waals surface area (Å²) in [4.78, 5) is 0. The highest BCUT2D eigenvalue weighted by molar-refractivity contribution is 6.31. The van der Waals surface area contributed by atoms with Crippen molar-refractivity contribution in [2.45, 2.75) is 12.5 Å². The Bertz CT molecular complexity index is 531. The zero-order chi connectivity index (χ0) is 13.7. The molecule has 0 aliphatic rings. The first-order valence-corrected chi connectivity index (χ1v) is 6.33. The second-order valence-corrected chi connectivity index (χ2v) is 4.62. The van der Waals surface area contributed by atoms with Crippen molar-refractivity contribution in [1.29, 1.82) is 0 Å². The van der Waals surface area contributed by atoms with E-state index >= 15 is 0 Å². The third-order valence-electron chi connectivity index (χ3n) is 2.65. The van der Waals surface area contributed by atoms with Gasteiger partial charge in [-0.15, -0.1) is 0 Å². The van der Waals surface area contributed by atoms with E-state index in [1.165, 1.54) is 18.2 Å². The molecule has 1 atom stereocenters. The van der Waals surface area contributed by atoms with Crippen molar-refractivity contribution in [3.63, 3.8) is 0 Å². The molecule has 4 heteroatoms. The van der Waals surface area contributed by atoms with E-state index in [0.29, 0.717) is 16.3 Å². The minimum Gasteiger partial charge on any atom is -0.491 e. The molecule has 0 bridgehead atoms. The topological polar surface area (TPSA) is 29.5 Å². The maximum absolute atomic E-state index is 13.1. The predicted molar refractivity (Wildman–Crippen MR) is 73.1 cm³/mol. The van der Waals surface area contributed by atoms with Crippen LogP contribution in [0, 0.1) is 5.82 Å². The molecule has 1 unspecified atom stereocenters. The summed E-state index contributed by atoms with van der Waals surface area (Å²) in [6, 6.07) is 13.3. The van der Waals surface area contributed by atoms with Crippen LogP contribution in [0.5, 0.6) is 5.75 Å². The third-order valence-corrected chi connectivity index (χ3v) is 3.02. The number of hydrogen-bond acceptors (Lipinski definition) is 2. The van der Waals surface area contributed by atoms with Crippen LogP contribution in [-0.4, -0.2) is 17.8 Å². The number of para-hydroxylation sites is 1. The molecule has 0 aliphatic carbocycles. The maximum atomic E-state index is 13.1. The highest BCUT2D eigenvalue weighted by atomic mass is 35.5. The summed E-state index contributed by atoms with van der Waals surface area (Å²) in [6.45, 7) is 0.136. The molecule has 0 saturated heterocycles. The zero-order valence-electron chi connectivity index (χ0n) is 10.2. The van der Waals surface area contributed by atoms with Gasteiger partial charge in [0.1, 0.15) is 18.2 Å². The highest BCUT2D eigenvalue weighted by Gasteiger charge is 2.10. The van der Waals surface area contributed by atoms with Crippen molar-refractivity contribution in [2.24, 2.45) is 0 Å². The lowest BCUT2D eigenvalue weighted by atomic mass is 10.1. The Morgan fingerprint density at radius 3 is 2.63 bits per heavy atom. The molecule has 0 saturated carbocycles. The van der Waals surface area contributed by atoms with Gasteiger partial charge in [-0.1, -0.05) is 29.8 Å². The quantitative estimate of drug-likeness (QED) is 0.909. The van der Waals surface area contributed by atoms with Gasteiger partial charge in [-0.3, -0.25) is 0 Å². The Morgan fingerprint density at radius 1 is 1.16 bits per heavy atom. The van der Waals surface area contributed by atoms with Crippen LogP contribution in [0.25, 0.3) is 0 Å². The number of rotatable bonds is 5. The molecule has 0 aromatic heterocycles. The molecule has 0 amide bonds. The van der Waals surface area contributed by atoms with Crippen LogP contribution in [0.1, 0.15) is 5.56 Å². The Hall–Kier alpha value is -1.58. The van der Waals surface area contributed by atoms with E-state index in [9.17, 15) is 9.50 Å². The lowest BCUT2D eigenvalue weighted by Crippen LogP contribution is -2.20. The van der Waals surface area contributed by atoms with Crippen molar-refractivity contribution in [2.75, 3.05) is 6.61 Å². The SMILES string of the molecule is OC(COc1ccccc1)Cc1cc(F)ccc1Cl. The molecule has 19 heavy (non-hydrogen) atoms. The van der Waals surface area contributed by atoms with Crippen LogP contribution in [0.4, 0.5) is 4.39 Å². The Labute approximate surface area is 116 Å². The van der Waals surface area contributed by atoms with Gasteiger partial charge in [0.2, 0.25) is 0 Å². The molecule has 100 valence electrons. The summed E-state index contributed by atoms with van der Waals surface area (Å²) in [5.41, 5.74) is 0.575. The fraction of sp³-hybridized carbons (Fsp3) is 0.200. The second kappa shape index (κ2) is 6.55. The van der Waals surface area contributed by atoms with Crippen molar-refractivity contribution in [3.05, 3.63) is 64.9 Å². The van der Waals surface area contributed by atoms with E-state index in [0.717, 1.165) is 0 Å². The summed E-state index contributed by atoms with van der Waals surface area (Å²) in [5.74, 6) is 0.322. The van der Waals surface area contributed by atoms with E-state index in [1.807, 2.05) is 30.3 Å². The van der Waals surface area contributed by atoms with Gasteiger partial charge in [-0.2, -0.15) is 0 Å². The predicted octanol–water partition coefficient (Wildman–Crippen LogP) is 3.46. The first-order chi connectivity index (χ1) is 9.15. The molecule has 2 nitrogen and oxygen atoms in total. The van der Waals surface area contributed by atoms with Crippen LogP contribution in [0.2, 0.25) is 5.02 Å². The molecule has 0 heterocycles. The minimum atomic E-state index is -0.737. The summed E-state index contributed by atoms with van der Waals surface area (Å²) < 4.78 is 18.5. The third kappa shape index (κ3) is 4.23. The van der Waals surface area contributed by atoms with E-state index in [1.54, 1.807) is 0 Å². The minimum absolute atomic E-state index is 0.136. The van der Waals surface area contributed by atoms with Gasteiger partial charge in [0.25, 0.3) is 0 Å². The van der Waals surface area contributed by atoms with E-state index in [4.69, 9.17) is 16.3 Å². The van der Waals surface area contributed by atoms with Crippen LogP contribution in [-0.2, 0) is 6.42 Å². The fourth-order valence-electron chi connectivity index (χ4n) is 1.72. The number of aliphatic hydroxyl groups excluding tert-OH is 1. The van der Waals surface area contributed by atoms with Crippen molar-refractivity contribution < 1.29 is 14.2 Å². The monoisotopic (exact) mass is 280 g/mol. The van der Waals surface area contributed by atoms with Gasteiger partial charge in [-0.25, -0.2) is 4.39 Å². The van der Waals surface area contributed by atoms with Gasteiger partial charge in [-0.05, 0) is 35.9 Å². The first kappa shape index (κ1) is 13.8. The molecule has 0 radical (unpaired) electrons. The summed E-state index contributed by atoms with van der Waals surface area (Å²) in [6.07, 6.45) is -0.483. The van der Waals surface area contributed by atoms with Gasteiger partial charge < -0.3 is 9.84 Å². The number of ether oxygens (including phenoxy) is 1. The van der Waals surface area contributed by atoms with Gasteiger partial charge in [0.15, 0.2) is 0 Å². The summed E-state index contributed by atoms with van der Waals surface area (Å²) >= 11 is 5.94. The number of benzene rings is 2. The summed E-state index contributed by atoms with van der Waals surface area (Å²) in [7, 11) is 0. The smallest absolute Gasteiger partial charge is 0.123 e. The largest absolute Gasteiger partial charge is 0.491 e. The number of halogens is 2. The Morgan fingerprint density at radius 2 is 1.89 bits per heavy atom. The molecule has 0 fully saturated rings. The second-order valence-electron chi connectivity index (χ2n) is 4.22. The van der Waals surface area contributed by atoms with E-state index in [2.05, 4.69) is 0 Å². The van der Waals surface area contributed by atoms with Crippen LogP contribution in [0.15, 0.2) is 48.5 Å². The first-order valence-electron chi connectivity index (χ1n) is 5.95. The van der Waals surface area contributed by atoms with Crippen LogP contribution < -0.4 is 4.74 Å². The fourth-order valence-corrected chi connectivity index (χ4v) is 1.92. The standard InChI is InChI=1S/C15H14ClFO2/c16-15-7-6-12(17)8-11(15)9-13(18)10-19-14-4-2-1-3-5-14/h1-8,13,18H,9-10H2. The van der Waals surface area contributed by atoms with Gasteiger partial charge >= 0.3 is 0 Å². The molecule has 1 N–H and O–H groups in total. The molecule has 2 rings (SSSR count). The highest BCUT2D eigenvalue weighted by Crippen LogP contribution is 2.19. The van der Waals surface area contributed by atoms with Gasteiger partial charge in [0.05, 0.1) is 6.10 Å². The molecular formula is C15H14ClFO2. The lowest BCUT2D eigenvalue weighted by molar-refractivity contribution is 0.107. The molecule has 0 aliphatic heterocycles. The zero-order valence-corrected chi connectivity index (χ0v) is 11.0. The van der Waals surface area contributed by atoms with E-state index < -0.39 is 6.10 Å². The van der Waals surface area contributed by atoms with Crippen LogP contribution >= 0.6 is 11.6 Å².